The predicted molar refractivity (Wildman–Crippen MR) is 416 cm³/mol. The maximum atomic E-state index is 5.61. The van der Waals surface area contributed by atoms with E-state index in [1.807, 2.05) is 42.5 Å². The third kappa shape index (κ3) is 9.59. The van der Waals surface area contributed by atoms with Crippen LogP contribution in [-0.2, 0) is 0 Å². The number of hydrogen-bond acceptors (Lipinski definition) is 7. The Labute approximate surface area is 583 Å². The Morgan fingerprint density at radius 3 is 1.21 bits per heavy atom. The minimum atomic E-state index is 0.0678. The van der Waals surface area contributed by atoms with Gasteiger partial charge >= 0.3 is 0 Å². The van der Waals surface area contributed by atoms with Crippen LogP contribution in [0.25, 0.3) is 134 Å². The van der Waals surface area contributed by atoms with E-state index in [1.165, 1.54) is 49.9 Å². The quantitative estimate of drug-likeness (QED) is 0.119. The number of benzene rings is 14. The summed E-state index contributed by atoms with van der Waals surface area (Å²) < 4.78 is 4.79. The second kappa shape index (κ2) is 23.6. The number of anilines is 6. The molecule has 6 heterocycles. The summed E-state index contributed by atoms with van der Waals surface area (Å²) in [6, 6.07) is 125. The van der Waals surface area contributed by atoms with E-state index in [2.05, 4.69) is 328 Å². The minimum Gasteiger partial charge on any atom is -0.311 e. The highest BCUT2D eigenvalue weighted by atomic mass is 15.2. The molecule has 0 unspecified atom stereocenters. The molecule has 0 amide bonds. The molecule has 0 spiro atoms. The average Bonchev–Trinajstić information content (AvgIpc) is 1.33. The standard InChI is InChI=1S/C91H58BN9/c1-6-25-61(26-7-1)76-57-77(94-88(93-76)62-27-8-2-9-28-62)65-51-54-80(101-79-40-21-17-36-70(79)72-56-71-69-35-16-20-39-78(69)98(85(71)58-86(72)101)66-31-12-4-13-32-66)73(55-65)91-96-89(63-29-10-3-11-30-63)95-90(97-91)64-47-45-59(46-48-64)60-49-52-68(53-50-60)100-82-42-23-19-38-75(82)92-74-37-18-22-41-81(74)99(67-33-14-5-15-34-67)83-43-24-44-84(100)87(83)92/h1-58H. The summed E-state index contributed by atoms with van der Waals surface area (Å²) in [7, 11) is 0. The normalized spacial score (nSPS) is 12.3. The lowest BCUT2D eigenvalue weighted by Crippen LogP contribution is -2.61. The molecule has 0 N–H and O–H groups in total. The summed E-state index contributed by atoms with van der Waals surface area (Å²) in [5.41, 5.74) is 26.2. The van der Waals surface area contributed by atoms with Gasteiger partial charge in [-0.2, -0.15) is 0 Å². The number of para-hydroxylation sites is 6. The molecule has 2 aliphatic heterocycles. The van der Waals surface area contributed by atoms with Crippen LogP contribution in [0.3, 0.4) is 0 Å². The first-order chi connectivity index (χ1) is 50.1. The molecular weight excluding hydrogens is 1230 g/mol. The van der Waals surface area contributed by atoms with E-state index < -0.39 is 0 Å². The van der Waals surface area contributed by atoms with E-state index in [1.54, 1.807) is 0 Å². The van der Waals surface area contributed by atoms with Crippen molar-refractivity contribution in [3.8, 4) is 90.6 Å². The highest BCUT2D eigenvalue weighted by Crippen LogP contribution is 2.46. The second-order valence-corrected chi connectivity index (χ2v) is 25.9. The minimum absolute atomic E-state index is 0.0678. The number of rotatable bonds is 11. The van der Waals surface area contributed by atoms with Crippen LogP contribution in [0.5, 0.6) is 0 Å². The second-order valence-electron chi connectivity index (χ2n) is 25.9. The van der Waals surface area contributed by atoms with Crippen molar-refractivity contribution in [3.63, 3.8) is 0 Å². The van der Waals surface area contributed by atoms with Gasteiger partial charge in [0.05, 0.1) is 39.1 Å². The fraction of sp³-hybridized carbons (Fsp3) is 0. The van der Waals surface area contributed by atoms with Crippen LogP contribution in [-0.4, -0.2) is 40.8 Å². The van der Waals surface area contributed by atoms with Crippen molar-refractivity contribution in [1.29, 1.82) is 0 Å². The Balaban J connectivity index is 0.741. The maximum Gasteiger partial charge on any atom is 0.252 e. The Hall–Kier alpha value is -13.6. The van der Waals surface area contributed by atoms with Crippen LogP contribution < -0.4 is 26.2 Å². The van der Waals surface area contributed by atoms with E-state index in [4.69, 9.17) is 24.9 Å². The van der Waals surface area contributed by atoms with Crippen LogP contribution in [0.1, 0.15) is 0 Å². The SMILES string of the molecule is c1ccc(-c2cc(-c3ccc(-n4c5ccccc5c5cc6c7ccccc7n(-c7ccccc7)c6cc54)c(-c4nc(-c5ccccc5)nc(-c5ccc(-c6ccc(N7c8ccccc8B8c9ccccc9N(c9ccccc9)c9cccc7c98)cc6)cc5)n4)c3)nc(-c3ccccc3)n2)cc1. The molecule has 2 aliphatic rings. The van der Waals surface area contributed by atoms with Crippen molar-refractivity contribution in [1.82, 2.24) is 34.1 Å². The zero-order chi connectivity index (χ0) is 66.5. The molecule has 0 radical (unpaired) electrons. The molecule has 470 valence electrons. The van der Waals surface area contributed by atoms with Crippen LogP contribution in [0.4, 0.5) is 34.1 Å². The highest BCUT2D eigenvalue weighted by Gasteiger charge is 2.43. The monoisotopic (exact) mass is 1290 g/mol. The molecule has 9 nitrogen and oxygen atoms in total. The molecule has 20 rings (SSSR count). The summed E-state index contributed by atoms with van der Waals surface area (Å²) in [4.78, 5) is 32.0. The Morgan fingerprint density at radius 1 is 0.218 bits per heavy atom. The van der Waals surface area contributed by atoms with Gasteiger partial charge in [-0.05, 0) is 131 Å². The lowest BCUT2D eigenvalue weighted by atomic mass is 9.33. The first kappa shape index (κ1) is 57.7. The van der Waals surface area contributed by atoms with Gasteiger partial charge in [0, 0.05) is 94.7 Å². The van der Waals surface area contributed by atoms with Crippen molar-refractivity contribution in [2.24, 2.45) is 0 Å². The molecule has 0 saturated carbocycles. The maximum absolute atomic E-state index is 5.61. The van der Waals surface area contributed by atoms with Crippen molar-refractivity contribution < 1.29 is 0 Å². The Bertz CT molecular complexity index is 6200. The molecular formula is C91H58BN9. The Morgan fingerprint density at radius 2 is 0.624 bits per heavy atom. The largest absolute Gasteiger partial charge is 0.311 e. The van der Waals surface area contributed by atoms with Crippen molar-refractivity contribution in [2.45, 2.75) is 0 Å². The number of aromatic nitrogens is 7. The zero-order valence-electron chi connectivity index (χ0n) is 54.6. The van der Waals surface area contributed by atoms with E-state index in [9.17, 15) is 0 Å². The molecule has 18 aromatic rings. The highest BCUT2D eigenvalue weighted by molar-refractivity contribution is 7.00. The van der Waals surface area contributed by atoms with E-state index in [0.29, 0.717) is 23.3 Å². The van der Waals surface area contributed by atoms with E-state index >= 15 is 0 Å². The van der Waals surface area contributed by atoms with Crippen molar-refractivity contribution >= 4 is 101 Å². The van der Waals surface area contributed by atoms with Gasteiger partial charge in [-0.25, -0.2) is 24.9 Å². The van der Waals surface area contributed by atoms with Crippen molar-refractivity contribution in [2.75, 3.05) is 9.80 Å². The van der Waals surface area contributed by atoms with Gasteiger partial charge in [-0.15, -0.1) is 0 Å². The fourth-order valence-electron chi connectivity index (χ4n) is 15.6. The summed E-state index contributed by atoms with van der Waals surface area (Å²) in [6.07, 6.45) is 0. The number of fused-ring (bicyclic) bond motifs is 10. The first-order valence-electron chi connectivity index (χ1n) is 34.3. The smallest absolute Gasteiger partial charge is 0.252 e. The van der Waals surface area contributed by atoms with Gasteiger partial charge in [-0.1, -0.05) is 249 Å². The summed E-state index contributed by atoms with van der Waals surface area (Å²) in [6.45, 7) is 0.0678. The lowest BCUT2D eigenvalue weighted by molar-refractivity contribution is 1.06. The van der Waals surface area contributed by atoms with Gasteiger partial charge < -0.3 is 18.9 Å². The van der Waals surface area contributed by atoms with E-state index in [-0.39, 0.29) is 6.71 Å². The van der Waals surface area contributed by atoms with Crippen LogP contribution in [0, 0.1) is 0 Å². The molecule has 0 fully saturated rings. The third-order valence-corrected chi connectivity index (χ3v) is 20.2. The summed E-state index contributed by atoms with van der Waals surface area (Å²) in [5.74, 6) is 2.24. The van der Waals surface area contributed by atoms with E-state index in [0.717, 1.165) is 111 Å². The average molecular weight is 1290 g/mol. The lowest BCUT2D eigenvalue weighted by Gasteiger charge is -2.44. The summed E-state index contributed by atoms with van der Waals surface area (Å²) >= 11 is 0. The summed E-state index contributed by atoms with van der Waals surface area (Å²) in [5, 5.41) is 4.64. The number of nitrogens with zero attached hydrogens (tertiary/aromatic N) is 9. The molecule has 101 heavy (non-hydrogen) atoms. The molecule has 10 heteroatoms. The molecule has 14 aromatic carbocycles. The van der Waals surface area contributed by atoms with Gasteiger partial charge in [0.2, 0.25) is 0 Å². The first-order valence-corrected chi connectivity index (χ1v) is 34.3. The molecule has 0 aliphatic carbocycles. The van der Waals surface area contributed by atoms with Gasteiger partial charge in [0.1, 0.15) is 0 Å². The third-order valence-electron chi connectivity index (χ3n) is 20.2. The predicted octanol–water partition coefficient (Wildman–Crippen LogP) is 20.6. The number of hydrogen-bond donors (Lipinski definition) is 0. The van der Waals surface area contributed by atoms with Gasteiger partial charge in [-0.3, -0.25) is 0 Å². The van der Waals surface area contributed by atoms with Gasteiger partial charge in [0.15, 0.2) is 23.3 Å². The topological polar surface area (TPSA) is 80.8 Å². The van der Waals surface area contributed by atoms with Crippen LogP contribution in [0.2, 0.25) is 0 Å². The Kier molecular flexibility index (Phi) is 13.5. The van der Waals surface area contributed by atoms with Gasteiger partial charge in [0.25, 0.3) is 6.71 Å². The molecule has 0 atom stereocenters. The van der Waals surface area contributed by atoms with Crippen LogP contribution in [0.15, 0.2) is 352 Å². The zero-order valence-corrected chi connectivity index (χ0v) is 54.6. The van der Waals surface area contributed by atoms with Crippen LogP contribution >= 0.6 is 0 Å². The van der Waals surface area contributed by atoms with Crippen molar-refractivity contribution in [3.05, 3.63) is 352 Å². The molecule has 0 saturated heterocycles. The fourth-order valence-corrected chi connectivity index (χ4v) is 15.6. The molecule has 4 aromatic heterocycles. The molecule has 0 bridgehead atoms.